The highest BCUT2D eigenvalue weighted by Gasteiger charge is 2.27. The van der Waals surface area contributed by atoms with Crippen LogP contribution in [0.3, 0.4) is 0 Å². The molecule has 31 heavy (non-hydrogen) atoms. The lowest BCUT2D eigenvalue weighted by Gasteiger charge is -2.36. The van der Waals surface area contributed by atoms with Crippen LogP contribution < -0.4 is 10.6 Å². The van der Waals surface area contributed by atoms with E-state index in [0.717, 1.165) is 18.5 Å². The molecule has 8 heteroatoms. The first-order valence-corrected chi connectivity index (χ1v) is 11.9. The maximum atomic E-state index is 12.2. The predicted molar refractivity (Wildman–Crippen MR) is 139 cm³/mol. The van der Waals surface area contributed by atoms with Crippen molar-refractivity contribution in [3.05, 3.63) is 0 Å². The first-order valence-electron chi connectivity index (χ1n) is 11.9. The van der Waals surface area contributed by atoms with Crippen molar-refractivity contribution >= 4 is 36.0 Å². The van der Waals surface area contributed by atoms with Crippen LogP contribution in [0.15, 0.2) is 4.99 Å². The number of amides is 1. The van der Waals surface area contributed by atoms with E-state index < -0.39 is 5.60 Å². The van der Waals surface area contributed by atoms with Gasteiger partial charge in [-0.3, -0.25) is 4.99 Å². The van der Waals surface area contributed by atoms with Gasteiger partial charge in [0, 0.05) is 51.9 Å². The largest absolute Gasteiger partial charge is 0.444 e. The topological polar surface area (TPSA) is 69.2 Å². The van der Waals surface area contributed by atoms with Gasteiger partial charge in [0.05, 0.1) is 0 Å². The lowest BCUT2D eigenvalue weighted by atomic mass is 10.0. The molecular weight excluding hydrogens is 505 g/mol. The number of carbonyl (C=O) groups excluding carboxylic acids is 1. The van der Waals surface area contributed by atoms with Gasteiger partial charge in [-0.05, 0) is 59.3 Å². The number of nitrogens with one attached hydrogen (secondary N) is 2. The number of rotatable bonds is 7. The Morgan fingerprint density at radius 3 is 2.35 bits per heavy atom. The maximum Gasteiger partial charge on any atom is 0.410 e. The van der Waals surface area contributed by atoms with Gasteiger partial charge in [0.1, 0.15) is 5.60 Å². The summed E-state index contributed by atoms with van der Waals surface area (Å²) in [6.45, 7) is 14.4. The molecule has 0 aromatic carbocycles. The van der Waals surface area contributed by atoms with Gasteiger partial charge in [0.15, 0.2) is 5.96 Å². The van der Waals surface area contributed by atoms with Gasteiger partial charge in [0.2, 0.25) is 0 Å². The van der Waals surface area contributed by atoms with Crippen molar-refractivity contribution in [3.63, 3.8) is 0 Å². The number of carbonyl (C=O) groups is 1. The van der Waals surface area contributed by atoms with Crippen molar-refractivity contribution in [3.8, 4) is 0 Å². The average Bonchev–Trinajstić information content (AvgIpc) is 3.20. The van der Waals surface area contributed by atoms with Crippen LogP contribution in [0.5, 0.6) is 0 Å². The second-order valence-corrected chi connectivity index (χ2v) is 10.1. The average molecular weight is 552 g/mol. The molecule has 7 nitrogen and oxygen atoms in total. The summed E-state index contributed by atoms with van der Waals surface area (Å²) in [5, 5.41) is 7.02. The van der Waals surface area contributed by atoms with Crippen LogP contribution in [-0.4, -0.2) is 79.3 Å². The molecule has 1 aliphatic heterocycles. The fourth-order valence-corrected chi connectivity index (χ4v) is 4.38. The summed E-state index contributed by atoms with van der Waals surface area (Å²) in [5.74, 6) is 1.14. The molecule has 2 N–H and O–H groups in total. The van der Waals surface area contributed by atoms with E-state index in [1.54, 1.807) is 11.9 Å². The molecule has 2 fully saturated rings. The van der Waals surface area contributed by atoms with Gasteiger partial charge in [-0.15, -0.1) is 24.0 Å². The number of likely N-dealkylation sites (tertiary alicyclic amines) is 1. The molecule has 2 rings (SSSR count). The molecule has 1 saturated carbocycles. The van der Waals surface area contributed by atoms with Crippen LogP contribution in [0.25, 0.3) is 0 Å². The van der Waals surface area contributed by atoms with Crippen LogP contribution >= 0.6 is 24.0 Å². The molecule has 1 unspecified atom stereocenters. The highest BCUT2D eigenvalue weighted by atomic mass is 127. The number of hydrogen-bond acceptors (Lipinski definition) is 4. The van der Waals surface area contributed by atoms with E-state index in [1.807, 2.05) is 20.8 Å². The molecule has 1 atom stereocenters. The molecule has 0 aromatic rings. The fourth-order valence-electron chi connectivity index (χ4n) is 4.38. The zero-order valence-corrected chi connectivity index (χ0v) is 22.9. The third kappa shape index (κ3) is 10.6. The lowest BCUT2D eigenvalue weighted by molar-refractivity contribution is 0.0279. The Balaban J connectivity index is 0.00000480. The zero-order valence-electron chi connectivity index (χ0n) is 20.6. The molecule has 1 saturated heterocycles. The van der Waals surface area contributed by atoms with E-state index in [-0.39, 0.29) is 36.0 Å². The van der Waals surface area contributed by atoms with Crippen LogP contribution in [0.1, 0.15) is 73.1 Å². The Labute approximate surface area is 207 Å². The Bertz CT molecular complexity index is 553. The standard InChI is InChI=1S/C23H45N5O2.HI/c1-7-24-21(25-16-18(2)17-27(6)22(29)30-23(3,4)5)26-19-12-14-28(15-13-19)20-10-8-9-11-20;/h18-20H,7-17H2,1-6H3,(H2,24,25,26);1H. The summed E-state index contributed by atoms with van der Waals surface area (Å²) < 4.78 is 5.43. The summed E-state index contributed by atoms with van der Waals surface area (Å²) in [7, 11) is 1.79. The number of aliphatic imine (C=N–C) groups is 1. The second-order valence-electron chi connectivity index (χ2n) is 10.1. The predicted octanol–water partition coefficient (Wildman–Crippen LogP) is 4.07. The summed E-state index contributed by atoms with van der Waals surface area (Å²) in [5.41, 5.74) is -0.470. The van der Waals surface area contributed by atoms with Crippen molar-refractivity contribution in [1.29, 1.82) is 0 Å². The monoisotopic (exact) mass is 551 g/mol. The van der Waals surface area contributed by atoms with Crippen LogP contribution in [0, 0.1) is 5.92 Å². The van der Waals surface area contributed by atoms with Crippen molar-refractivity contribution in [2.24, 2.45) is 10.9 Å². The number of nitrogens with zero attached hydrogens (tertiary/aromatic N) is 3. The minimum absolute atomic E-state index is 0. The normalized spacial score (nSPS) is 20.1. The number of piperidine rings is 1. The number of ether oxygens (including phenoxy) is 1. The first-order chi connectivity index (χ1) is 14.2. The Morgan fingerprint density at radius 1 is 1.19 bits per heavy atom. The Hall–Kier alpha value is -0.770. The highest BCUT2D eigenvalue weighted by Crippen LogP contribution is 2.26. The van der Waals surface area contributed by atoms with Crippen molar-refractivity contribution in [2.75, 3.05) is 39.8 Å². The van der Waals surface area contributed by atoms with Gasteiger partial charge < -0.3 is 25.2 Å². The molecule has 0 spiro atoms. The van der Waals surface area contributed by atoms with E-state index in [1.165, 1.54) is 51.6 Å². The van der Waals surface area contributed by atoms with Crippen LogP contribution in [0.2, 0.25) is 0 Å². The van der Waals surface area contributed by atoms with E-state index in [0.29, 0.717) is 19.1 Å². The highest BCUT2D eigenvalue weighted by molar-refractivity contribution is 14.0. The Kier molecular flexibility index (Phi) is 12.5. The van der Waals surface area contributed by atoms with Crippen molar-refractivity contribution < 1.29 is 9.53 Å². The third-order valence-electron chi connectivity index (χ3n) is 5.91. The molecule has 0 aromatic heterocycles. The first kappa shape index (κ1) is 28.3. The molecule has 1 heterocycles. The Morgan fingerprint density at radius 2 is 1.81 bits per heavy atom. The summed E-state index contributed by atoms with van der Waals surface area (Å²) in [6, 6.07) is 1.32. The molecule has 0 bridgehead atoms. The van der Waals surface area contributed by atoms with E-state index in [9.17, 15) is 4.79 Å². The molecular formula is C23H46IN5O2. The third-order valence-corrected chi connectivity index (χ3v) is 5.91. The molecule has 2 aliphatic rings. The summed E-state index contributed by atoms with van der Waals surface area (Å²) in [4.78, 5) is 21.3. The molecule has 0 radical (unpaired) electrons. The second kappa shape index (κ2) is 13.7. The van der Waals surface area contributed by atoms with Gasteiger partial charge >= 0.3 is 6.09 Å². The quantitative estimate of drug-likeness (QED) is 0.284. The lowest BCUT2D eigenvalue weighted by Crippen LogP contribution is -2.50. The van der Waals surface area contributed by atoms with E-state index in [2.05, 4.69) is 29.4 Å². The number of halogens is 1. The number of hydrogen-bond donors (Lipinski definition) is 2. The van der Waals surface area contributed by atoms with Gasteiger partial charge in [-0.25, -0.2) is 4.79 Å². The van der Waals surface area contributed by atoms with Crippen molar-refractivity contribution in [1.82, 2.24) is 20.4 Å². The van der Waals surface area contributed by atoms with E-state index in [4.69, 9.17) is 9.73 Å². The van der Waals surface area contributed by atoms with Gasteiger partial charge in [0.25, 0.3) is 0 Å². The fraction of sp³-hybridized carbons (Fsp3) is 0.913. The smallest absolute Gasteiger partial charge is 0.410 e. The molecule has 1 amide bonds. The van der Waals surface area contributed by atoms with Crippen LogP contribution in [0.4, 0.5) is 4.79 Å². The van der Waals surface area contributed by atoms with E-state index >= 15 is 0 Å². The van der Waals surface area contributed by atoms with Gasteiger partial charge in [-0.1, -0.05) is 19.8 Å². The van der Waals surface area contributed by atoms with Crippen LogP contribution in [-0.2, 0) is 4.74 Å². The minimum Gasteiger partial charge on any atom is -0.444 e. The number of guanidine groups is 1. The summed E-state index contributed by atoms with van der Waals surface area (Å²) in [6.07, 6.45) is 7.66. The summed E-state index contributed by atoms with van der Waals surface area (Å²) >= 11 is 0. The minimum atomic E-state index is -0.470. The SMILES string of the molecule is CCNC(=NCC(C)CN(C)C(=O)OC(C)(C)C)NC1CCN(C2CCCC2)CC1.I. The van der Waals surface area contributed by atoms with Crippen molar-refractivity contribution in [2.45, 2.75) is 90.8 Å². The maximum absolute atomic E-state index is 12.2. The molecule has 182 valence electrons. The molecule has 1 aliphatic carbocycles. The zero-order chi connectivity index (χ0) is 22.1. The van der Waals surface area contributed by atoms with Gasteiger partial charge in [-0.2, -0.15) is 0 Å².